The molecule has 2 rings (SSSR count). The molecule has 2 N–H and O–H groups in total. The maximum absolute atomic E-state index is 6.18. The Morgan fingerprint density at radius 2 is 1.95 bits per heavy atom. The van der Waals surface area contributed by atoms with Crippen molar-refractivity contribution in [3.63, 3.8) is 0 Å². The van der Waals surface area contributed by atoms with Crippen LogP contribution in [0.2, 0.25) is 0 Å². The summed E-state index contributed by atoms with van der Waals surface area (Å²) >= 11 is 0. The van der Waals surface area contributed by atoms with Crippen molar-refractivity contribution in [3.05, 3.63) is 53.5 Å². The third-order valence-electron chi connectivity index (χ3n) is 3.38. The highest BCUT2D eigenvalue weighted by Gasteiger charge is 2.13. The zero-order chi connectivity index (χ0) is 13.8. The summed E-state index contributed by atoms with van der Waals surface area (Å²) in [4.78, 5) is 2.18. The van der Waals surface area contributed by atoms with Crippen LogP contribution in [0.15, 0.2) is 40.8 Å². The molecule has 1 aromatic heterocycles. The minimum Gasteiger partial charge on any atom is -0.464 e. The number of anilines is 1. The third-order valence-corrected chi connectivity index (χ3v) is 3.38. The van der Waals surface area contributed by atoms with E-state index >= 15 is 0 Å². The fourth-order valence-electron chi connectivity index (χ4n) is 2.26. The van der Waals surface area contributed by atoms with Crippen LogP contribution in [0.3, 0.4) is 0 Å². The Hall–Kier alpha value is -1.74. The van der Waals surface area contributed by atoms with Crippen molar-refractivity contribution in [1.82, 2.24) is 0 Å². The average molecular weight is 258 g/mol. The molecule has 0 aliphatic carbocycles. The summed E-state index contributed by atoms with van der Waals surface area (Å²) in [6, 6.07) is 12.4. The Kier molecular flexibility index (Phi) is 4.27. The minimum absolute atomic E-state index is 0.0805. The summed E-state index contributed by atoms with van der Waals surface area (Å²) in [7, 11) is 2.07. The Morgan fingerprint density at radius 1 is 1.21 bits per heavy atom. The molecular weight excluding hydrogens is 236 g/mol. The molecule has 0 unspecified atom stereocenters. The van der Waals surface area contributed by atoms with Crippen LogP contribution in [-0.2, 0) is 6.54 Å². The predicted octanol–water partition coefficient (Wildman–Crippen LogP) is 3.63. The lowest BCUT2D eigenvalue weighted by molar-refractivity contribution is 0.481. The number of nitrogens with zero attached hydrogens (tertiary/aromatic N) is 1. The lowest BCUT2D eigenvalue weighted by Crippen LogP contribution is -2.20. The van der Waals surface area contributed by atoms with Crippen molar-refractivity contribution in [1.29, 1.82) is 0 Å². The van der Waals surface area contributed by atoms with Crippen LogP contribution in [0.5, 0.6) is 0 Å². The van der Waals surface area contributed by atoms with E-state index in [2.05, 4.69) is 31.0 Å². The topological polar surface area (TPSA) is 42.4 Å². The smallest absolute Gasteiger partial charge is 0.123 e. The summed E-state index contributed by atoms with van der Waals surface area (Å²) in [5, 5.41) is 0. The van der Waals surface area contributed by atoms with Crippen LogP contribution in [-0.4, -0.2) is 7.05 Å². The highest BCUT2D eigenvalue weighted by molar-refractivity contribution is 5.54. The molecule has 0 fully saturated rings. The normalized spacial score (nSPS) is 12.4. The molecule has 3 nitrogen and oxygen atoms in total. The van der Waals surface area contributed by atoms with E-state index in [1.54, 1.807) is 0 Å². The predicted molar refractivity (Wildman–Crippen MR) is 79.2 cm³/mol. The zero-order valence-corrected chi connectivity index (χ0v) is 11.9. The van der Waals surface area contributed by atoms with Gasteiger partial charge in [0.15, 0.2) is 0 Å². The van der Waals surface area contributed by atoms with Crippen LogP contribution >= 0.6 is 0 Å². The Balaban J connectivity index is 2.21. The van der Waals surface area contributed by atoms with Gasteiger partial charge < -0.3 is 15.1 Å². The van der Waals surface area contributed by atoms with E-state index in [0.29, 0.717) is 0 Å². The van der Waals surface area contributed by atoms with Gasteiger partial charge in [-0.05, 0) is 37.1 Å². The summed E-state index contributed by atoms with van der Waals surface area (Å²) in [5.74, 6) is 1.92. The molecule has 102 valence electrons. The van der Waals surface area contributed by atoms with Gasteiger partial charge in [-0.1, -0.05) is 25.1 Å². The van der Waals surface area contributed by atoms with Crippen LogP contribution in [0, 0.1) is 6.92 Å². The fourth-order valence-corrected chi connectivity index (χ4v) is 2.26. The fraction of sp³-hybridized carbons (Fsp3) is 0.375. The first-order chi connectivity index (χ1) is 9.11. The number of hydrogen-bond acceptors (Lipinski definition) is 3. The van der Waals surface area contributed by atoms with E-state index in [9.17, 15) is 0 Å². The van der Waals surface area contributed by atoms with Crippen molar-refractivity contribution in [2.75, 3.05) is 11.9 Å². The molecule has 0 saturated heterocycles. The van der Waals surface area contributed by atoms with Crippen molar-refractivity contribution >= 4 is 5.69 Å². The van der Waals surface area contributed by atoms with Crippen LogP contribution in [0.4, 0.5) is 5.69 Å². The van der Waals surface area contributed by atoms with E-state index in [1.165, 1.54) is 11.3 Å². The van der Waals surface area contributed by atoms with Crippen molar-refractivity contribution in [2.45, 2.75) is 32.9 Å². The number of para-hydroxylation sites is 1. The van der Waals surface area contributed by atoms with E-state index in [0.717, 1.165) is 24.5 Å². The second-order valence-electron chi connectivity index (χ2n) is 4.94. The highest BCUT2D eigenvalue weighted by atomic mass is 16.3. The maximum Gasteiger partial charge on any atom is 0.123 e. The molecule has 0 aliphatic rings. The summed E-state index contributed by atoms with van der Waals surface area (Å²) in [6.45, 7) is 4.82. The number of rotatable bonds is 5. The molecule has 0 spiro atoms. The molecule has 0 saturated carbocycles. The lowest BCUT2D eigenvalue weighted by atomic mass is 10.0. The minimum atomic E-state index is 0.0805. The molecule has 0 bridgehead atoms. The molecule has 1 aromatic carbocycles. The van der Waals surface area contributed by atoms with Gasteiger partial charge in [0.05, 0.1) is 6.54 Å². The molecule has 1 heterocycles. The van der Waals surface area contributed by atoms with Gasteiger partial charge in [-0.2, -0.15) is 0 Å². The average Bonchev–Trinajstić information content (AvgIpc) is 2.83. The van der Waals surface area contributed by atoms with Gasteiger partial charge in [0.1, 0.15) is 11.5 Å². The molecule has 0 radical (unpaired) electrons. The number of benzene rings is 1. The molecular formula is C16H22N2O. The first kappa shape index (κ1) is 13.7. The first-order valence-electron chi connectivity index (χ1n) is 6.72. The van der Waals surface area contributed by atoms with Gasteiger partial charge in [0.2, 0.25) is 0 Å². The zero-order valence-electron chi connectivity index (χ0n) is 11.9. The van der Waals surface area contributed by atoms with Crippen LogP contribution < -0.4 is 10.6 Å². The van der Waals surface area contributed by atoms with Gasteiger partial charge in [-0.3, -0.25) is 0 Å². The SMILES string of the molecule is CC[C@@H](N)c1ccccc1N(C)Cc1ccc(C)o1. The molecule has 2 aromatic rings. The van der Waals surface area contributed by atoms with Crippen LogP contribution in [0.1, 0.15) is 36.5 Å². The third kappa shape index (κ3) is 3.18. The summed E-state index contributed by atoms with van der Waals surface area (Å²) in [5.41, 5.74) is 8.54. The molecule has 0 amide bonds. The molecule has 1 atom stereocenters. The molecule has 3 heteroatoms. The number of furan rings is 1. The van der Waals surface area contributed by atoms with Gasteiger partial charge in [0.25, 0.3) is 0 Å². The van der Waals surface area contributed by atoms with E-state index in [4.69, 9.17) is 10.2 Å². The summed E-state index contributed by atoms with van der Waals surface area (Å²) in [6.07, 6.45) is 0.935. The standard InChI is InChI=1S/C16H22N2O/c1-4-15(17)14-7-5-6-8-16(14)18(3)11-13-10-9-12(2)19-13/h5-10,15H,4,11,17H2,1-3H3/t15-/m1/s1. The largest absolute Gasteiger partial charge is 0.464 e. The van der Waals surface area contributed by atoms with Crippen molar-refractivity contribution < 1.29 is 4.42 Å². The van der Waals surface area contributed by atoms with Crippen molar-refractivity contribution in [3.8, 4) is 0 Å². The second kappa shape index (κ2) is 5.93. The Labute approximate surface area is 115 Å². The highest BCUT2D eigenvalue weighted by Crippen LogP contribution is 2.27. The first-order valence-corrected chi connectivity index (χ1v) is 6.72. The van der Waals surface area contributed by atoms with Crippen molar-refractivity contribution in [2.24, 2.45) is 5.73 Å². The molecule has 19 heavy (non-hydrogen) atoms. The van der Waals surface area contributed by atoms with Gasteiger partial charge >= 0.3 is 0 Å². The van der Waals surface area contributed by atoms with E-state index in [1.807, 2.05) is 31.2 Å². The van der Waals surface area contributed by atoms with Crippen LogP contribution in [0.25, 0.3) is 0 Å². The van der Waals surface area contributed by atoms with E-state index in [-0.39, 0.29) is 6.04 Å². The molecule has 0 aliphatic heterocycles. The maximum atomic E-state index is 6.18. The Morgan fingerprint density at radius 3 is 2.58 bits per heavy atom. The quantitative estimate of drug-likeness (QED) is 0.890. The number of nitrogens with two attached hydrogens (primary N) is 1. The lowest BCUT2D eigenvalue weighted by Gasteiger charge is -2.23. The van der Waals surface area contributed by atoms with Gasteiger partial charge in [0, 0.05) is 18.8 Å². The number of hydrogen-bond donors (Lipinski definition) is 1. The summed E-state index contributed by atoms with van der Waals surface area (Å²) < 4.78 is 5.63. The number of aryl methyl sites for hydroxylation is 1. The van der Waals surface area contributed by atoms with Gasteiger partial charge in [-0.15, -0.1) is 0 Å². The monoisotopic (exact) mass is 258 g/mol. The van der Waals surface area contributed by atoms with Gasteiger partial charge in [-0.25, -0.2) is 0 Å². The Bertz CT molecular complexity index is 533. The second-order valence-corrected chi connectivity index (χ2v) is 4.94. The van der Waals surface area contributed by atoms with E-state index < -0.39 is 0 Å².